The zero-order valence-corrected chi connectivity index (χ0v) is 9.92. The molecule has 78 valence electrons. The highest BCUT2D eigenvalue weighted by Crippen LogP contribution is 2.28. The van der Waals surface area contributed by atoms with Crippen LogP contribution >= 0.6 is 11.8 Å². The van der Waals surface area contributed by atoms with Crippen LogP contribution in [-0.2, 0) is 0 Å². The summed E-state index contributed by atoms with van der Waals surface area (Å²) in [5, 5.41) is 0.498. The molecular formula is C12H19NS. The van der Waals surface area contributed by atoms with E-state index in [1.807, 2.05) is 30.0 Å². The number of benzene rings is 1. The second-order valence-electron chi connectivity index (χ2n) is 3.88. The molecule has 0 spiro atoms. The average Bonchev–Trinajstić information content (AvgIpc) is 2.19. The van der Waals surface area contributed by atoms with Crippen molar-refractivity contribution in [3.63, 3.8) is 0 Å². The minimum absolute atomic E-state index is 0.145. The lowest BCUT2D eigenvalue weighted by atomic mass is 9.97. The SMILES string of the molecule is CSC(C(C)C)C(N)c1ccccc1. The second kappa shape index (κ2) is 5.42. The smallest absolute Gasteiger partial charge is 0.0417 e. The van der Waals surface area contributed by atoms with E-state index in [2.05, 4.69) is 32.2 Å². The molecule has 2 atom stereocenters. The molecule has 0 aliphatic rings. The van der Waals surface area contributed by atoms with Gasteiger partial charge in [-0.15, -0.1) is 0 Å². The molecule has 0 heterocycles. The molecule has 0 amide bonds. The normalized spacial score (nSPS) is 15.5. The van der Waals surface area contributed by atoms with E-state index in [1.54, 1.807) is 0 Å². The van der Waals surface area contributed by atoms with Crippen molar-refractivity contribution < 1.29 is 0 Å². The van der Waals surface area contributed by atoms with Crippen LogP contribution in [0.15, 0.2) is 30.3 Å². The molecule has 2 heteroatoms. The number of nitrogens with two attached hydrogens (primary N) is 1. The fourth-order valence-electron chi connectivity index (χ4n) is 1.70. The minimum Gasteiger partial charge on any atom is -0.323 e. The van der Waals surface area contributed by atoms with Gasteiger partial charge in [0.1, 0.15) is 0 Å². The van der Waals surface area contributed by atoms with Crippen molar-refractivity contribution in [1.82, 2.24) is 0 Å². The molecule has 2 N–H and O–H groups in total. The second-order valence-corrected chi connectivity index (χ2v) is 4.90. The van der Waals surface area contributed by atoms with Gasteiger partial charge in [0.2, 0.25) is 0 Å². The number of hydrogen-bond donors (Lipinski definition) is 1. The Morgan fingerprint density at radius 3 is 2.14 bits per heavy atom. The van der Waals surface area contributed by atoms with E-state index in [1.165, 1.54) is 5.56 Å². The summed E-state index contributed by atoms with van der Waals surface area (Å²) in [6.45, 7) is 4.45. The van der Waals surface area contributed by atoms with Gasteiger partial charge in [0, 0.05) is 11.3 Å². The fourth-order valence-corrected chi connectivity index (χ4v) is 2.69. The Morgan fingerprint density at radius 2 is 1.71 bits per heavy atom. The Kier molecular flexibility index (Phi) is 4.49. The standard InChI is InChI=1S/C12H19NS/c1-9(2)12(14-3)11(13)10-7-5-4-6-8-10/h4-9,11-12H,13H2,1-3H3. The molecule has 2 unspecified atom stereocenters. The summed E-state index contributed by atoms with van der Waals surface area (Å²) >= 11 is 1.86. The quantitative estimate of drug-likeness (QED) is 0.824. The van der Waals surface area contributed by atoms with Crippen LogP contribution in [0.4, 0.5) is 0 Å². The molecule has 1 aromatic rings. The highest BCUT2D eigenvalue weighted by atomic mass is 32.2. The van der Waals surface area contributed by atoms with Gasteiger partial charge in [-0.1, -0.05) is 44.2 Å². The maximum absolute atomic E-state index is 6.23. The molecule has 0 saturated heterocycles. The summed E-state index contributed by atoms with van der Waals surface area (Å²) in [6.07, 6.45) is 2.13. The zero-order valence-electron chi connectivity index (χ0n) is 9.10. The van der Waals surface area contributed by atoms with E-state index in [4.69, 9.17) is 5.73 Å². The monoisotopic (exact) mass is 209 g/mol. The predicted molar refractivity (Wildman–Crippen MR) is 65.5 cm³/mol. The first-order valence-electron chi connectivity index (χ1n) is 5.00. The van der Waals surface area contributed by atoms with Crippen molar-refractivity contribution in [2.24, 2.45) is 11.7 Å². The summed E-state index contributed by atoms with van der Waals surface area (Å²) in [5.41, 5.74) is 7.47. The van der Waals surface area contributed by atoms with Gasteiger partial charge in [-0.2, -0.15) is 11.8 Å². The molecule has 0 saturated carbocycles. The van der Waals surface area contributed by atoms with E-state index in [0.29, 0.717) is 11.2 Å². The Hall–Kier alpha value is -0.470. The van der Waals surface area contributed by atoms with Crippen LogP contribution in [0, 0.1) is 5.92 Å². The summed E-state index contributed by atoms with van der Waals surface area (Å²) in [7, 11) is 0. The van der Waals surface area contributed by atoms with Crippen LogP contribution in [0.5, 0.6) is 0 Å². The largest absolute Gasteiger partial charge is 0.323 e. The van der Waals surface area contributed by atoms with Gasteiger partial charge < -0.3 is 5.73 Å². The van der Waals surface area contributed by atoms with Crippen molar-refractivity contribution in [2.45, 2.75) is 25.1 Å². The van der Waals surface area contributed by atoms with Crippen molar-refractivity contribution in [1.29, 1.82) is 0 Å². The third-order valence-electron chi connectivity index (χ3n) is 2.47. The number of thioether (sulfide) groups is 1. The van der Waals surface area contributed by atoms with Crippen LogP contribution in [0.2, 0.25) is 0 Å². The van der Waals surface area contributed by atoms with Crippen molar-refractivity contribution in [2.75, 3.05) is 6.26 Å². The summed E-state index contributed by atoms with van der Waals surface area (Å²) in [5.74, 6) is 0.611. The molecule has 1 nitrogen and oxygen atoms in total. The Bertz CT molecular complexity index is 258. The van der Waals surface area contributed by atoms with Crippen LogP contribution in [0.25, 0.3) is 0 Å². The molecule has 0 fully saturated rings. The molecule has 14 heavy (non-hydrogen) atoms. The van der Waals surface area contributed by atoms with Crippen molar-refractivity contribution in [3.05, 3.63) is 35.9 Å². The fraction of sp³-hybridized carbons (Fsp3) is 0.500. The highest BCUT2D eigenvalue weighted by molar-refractivity contribution is 7.99. The first-order chi connectivity index (χ1) is 6.66. The van der Waals surface area contributed by atoms with Gasteiger partial charge in [-0.05, 0) is 17.7 Å². The topological polar surface area (TPSA) is 26.0 Å². The molecule has 0 aliphatic heterocycles. The zero-order chi connectivity index (χ0) is 10.6. The van der Waals surface area contributed by atoms with E-state index in [0.717, 1.165) is 0 Å². The Morgan fingerprint density at radius 1 is 1.14 bits per heavy atom. The third-order valence-corrected chi connectivity index (χ3v) is 3.85. The van der Waals surface area contributed by atoms with Crippen LogP contribution in [0.3, 0.4) is 0 Å². The van der Waals surface area contributed by atoms with E-state index >= 15 is 0 Å². The Labute approximate surface area is 91.1 Å². The van der Waals surface area contributed by atoms with Gasteiger partial charge in [0.05, 0.1) is 0 Å². The predicted octanol–water partition coefficient (Wildman–Crippen LogP) is 3.07. The molecule has 0 aliphatic carbocycles. The third kappa shape index (κ3) is 2.76. The molecule has 1 rings (SSSR count). The highest BCUT2D eigenvalue weighted by Gasteiger charge is 2.21. The summed E-state index contributed by atoms with van der Waals surface area (Å²) in [4.78, 5) is 0. The molecule has 0 radical (unpaired) electrons. The molecule has 1 aromatic carbocycles. The number of hydrogen-bond acceptors (Lipinski definition) is 2. The van der Waals surface area contributed by atoms with E-state index in [9.17, 15) is 0 Å². The average molecular weight is 209 g/mol. The van der Waals surface area contributed by atoms with Crippen molar-refractivity contribution >= 4 is 11.8 Å². The summed E-state index contributed by atoms with van der Waals surface area (Å²) < 4.78 is 0. The first kappa shape index (κ1) is 11.6. The van der Waals surface area contributed by atoms with E-state index < -0.39 is 0 Å². The molecule has 0 aromatic heterocycles. The van der Waals surface area contributed by atoms with Crippen molar-refractivity contribution in [3.8, 4) is 0 Å². The van der Waals surface area contributed by atoms with Gasteiger partial charge in [-0.3, -0.25) is 0 Å². The number of rotatable bonds is 4. The van der Waals surface area contributed by atoms with Gasteiger partial charge in [-0.25, -0.2) is 0 Å². The lowest BCUT2D eigenvalue weighted by molar-refractivity contribution is 0.528. The van der Waals surface area contributed by atoms with Crippen LogP contribution in [0.1, 0.15) is 25.5 Å². The van der Waals surface area contributed by atoms with Crippen LogP contribution in [-0.4, -0.2) is 11.5 Å². The lowest BCUT2D eigenvalue weighted by Crippen LogP contribution is -2.27. The van der Waals surface area contributed by atoms with E-state index in [-0.39, 0.29) is 6.04 Å². The van der Waals surface area contributed by atoms with Gasteiger partial charge >= 0.3 is 0 Å². The maximum Gasteiger partial charge on any atom is 0.0417 e. The van der Waals surface area contributed by atoms with Crippen LogP contribution < -0.4 is 5.73 Å². The Balaban J connectivity index is 2.78. The summed E-state index contributed by atoms with van der Waals surface area (Å²) in [6, 6.07) is 10.5. The first-order valence-corrected chi connectivity index (χ1v) is 6.29. The molecule has 0 bridgehead atoms. The molecular weight excluding hydrogens is 190 g/mol. The minimum atomic E-state index is 0.145. The van der Waals surface area contributed by atoms with Gasteiger partial charge in [0.25, 0.3) is 0 Å². The van der Waals surface area contributed by atoms with Gasteiger partial charge in [0.15, 0.2) is 0 Å². The lowest BCUT2D eigenvalue weighted by Gasteiger charge is -2.25. The maximum atomic E-state index is 6.23.